The van der Waals surface area contributed by atoms with Crippen LogP contribution in [0.25, 0.3) is 10.2 Å². The summed E-state index contributed by atoms with van der Waals surface area (Å²) in [7, 11) is 2.13. The normalized spacial score (nSPS) is 10.7. The van der Waals surface area contributed by atoms with Gasteiger partial charge in [-0.2, -0.15) is 4.57 Å². The van der Waals surface area contributed by atoms with Crippen LogP contribution in [0.15, 0.2) is 54.6 Å². The van der Waals surface area contributed by atoms with Crippen molar-refractivity contribution in [1.82, 2.24) is 0 Å². The summed E-state index contributed by atoms with van der Waals surface area (Å²) in [4.78, 5) is 0. The topological polar surface area (TPSA) is 15.9 Å². The molecule has 18 heavy (non-hydrogen) atoms. The first kappa shape index (κ1) is 11.2. The molecule has 0 aliphatic rings. The summed E-state index contributed by atoms with van der Waals surface area (Å²) >= 11 is 1.84. The average molecular weight is 255 g/mol. The van der Waals surface area contributed by atoms with Crippen molar-refractivity contribution in [2.45, 2.75) is 6.54 Å². The van der Waals surface area contributed by atoms with Crippen LogP contribution >= 0.6 is 11.3 Å². The molecule has 0 unspecified atom stereocenters. The molecule has 1 aromatic heterocycles. The molecule has 3 aromatic rings. The average Bonchev–Trinajstić information content (AvgIpc) is 2.75. The monoisotopic (exact) mass is 255 g/mol. The van der Waals surface area contributed by atoms with Gasteiger partial charge in [0, 0.05) is 11.8 Å². The molecule has 0 atom stereocenters. The van der Waals surface area contributed by atoms with E-state index in [-0.39, 0.29) is 0 Å². The van der Waals surface area contributed by atoms with E-state index in [1.807, 2.05) is 29.5 Å². The minimum atomic E-state index is 0.861. The van der Waals surface area contributed by atoms with Crippen LogP contribution in [0.3, 0.4) is 0 Å². The zero-order chi connectivity index (χ0) is 12.4. The molecule has 1 N–H and O–H groups in total. The number of rotatable bonds is 3. The number of aryl methyl sites for hydroxylation is 1. The van der Waals surface area contributed by atoms with Crippen molar-refractivity contribution in [2.75, 3.05) is 5.32 Å². The van der Waals surface area contributed by atoms with Gasteiger partial charge in [-0.05, 0) is 18.2 Å². The van der Waals surface area contributed by atoms with Crippen LogP contribution in [0.1, 0.15) is 5.01 Å². The van der Waals surface area contributed by atoms with Crippen LogP contribution in [0.2, 0.25) is 0 Å². The Labute approximate surface area is 111 Å². The number of para-hydroxylation sites is 2. The number of hydrogen-bond acceptors (Lipinski definition) is 2. The lowest BCUT2D eigenvalue weighted by Gasteiger charge is -2.01. The van der Waals surface area contributed by atoms with Crippen molar-refractivity contribution in [3.63, 3.8) is 0 Å². The molecule has 0 radical (unpaired) electrons. The first-order chi connectivity index (χ1) is 8.84. The quantitative estimate of drug-likeness (QED) is 0.710. The highest BCUT2D eigenvalue weighted by atomic mass is 32.1. The van der Waals surface area contributed by atoms with E-state index in [2.05, 4.69) is 53.3 Å². The Hall–Kier alpha value is -1.87. The Morgan fingerprint density at radius 2 is 1.72 bits per heavy atom. The van der Waals surface area contributed by atoms with Crippen molar-refractivity contribution in [2.24, 2.45) is 7.05 Å². The van der Waals surface area contributed by atoms with Crippen molar-refractivity contribution in [1.29, 1.82) is 0 Å². The fourth-order valence-electron chi connectivity index (χ4n) is 2.04. The highest BCUT2D eigenvalue weighted by Crippen LogP contribution is 2.20. The maximum absolute atomic E-state index is 3.45. The lowest BCUT2D eigenvalue weighted by atomic mass is 10.3. The fraction of sp³-hybridized carbons (Fsp3) is 0.133. The highest BCUT2D eigenvalue weighted by Gasteiger charge is 2.15. The van der Waals surface area contributed by atoms with Gasteiger partial charge in [-0.3, -0.25) is 0 Å². The lowest BCUT2D eigenvalue weighted by molar-refractivity contribution is -0.647. The van der Waals surface area contributed by atoms with Crippen molar-refractivity contribution in [3.05, 3.63) is 59.6 Å². The van der Waals surface area contributed by atoms with Gasteiger partial charge in [0.25, 0.3) is 5.01 Å². The molecule has 2 nitrogen and oxygen atoms in total. The molecule has 1 heterocycles. The molecule has 0 spiro atoms. The smallest absolute Gasteiger partial charge is 0.257 e. The molecular formula is C15H15N2S+. The number of benzene rings is 2. The minimum absolute atomic E-state index is 0.861. The second kappa shape index (κ2) is 4.78. The van der Waals surface area contributed by atoms with E-state index in [9.17, 15) is 0 Å². The molecule has 90 valence electrons. The summed E-state index contributed by atoms with van der Waals surface area (Å²) in [5.74, 6) is 0. The van der Waals surface area contributed by atoms with E-state index in [1.54, 1.807) is 0 Å². The first-order valence-corrected chi connectivity index (χ1v) is 6.81. The van der Waals surface area contributed by atoms with Gasteiger partial charge in [-0.15, -0.1) is 0 Å². The van der Waals surface area contributed by atoms with Crippen molar-refractivity contribution in [3.8, 4) is 0 Å². The maximum Gasteiger partial charge on any atom is 0.257 e. The molecule has 0 aliphatic carbocycles. The second-order valence-electron chi connectivity index (χ2n) is 4.24. The van der Waals surface area contributed by atoms with Crippen LogP contribution in [0.5, 0.6) is 0 Å². The van der Waals surface area contributed by atoms with Gasteiger partial charge >= 0.3 is 0 Å². The number of aromatic nitrogens is 1. The van der Waals surface area contributed by atoms with Gasteiger partial charge < -0.3 is 5.32 Å². The number of anilines is 1. The first-order valence-electron chi connectivity index (χ1n) is 6.00. The number of hydrogen-bond donors (Lipinski definition) is 1. The summed E-state index contributed by atoms with van der Waals surface area (Å²) in [6, 6.07) is 18.8. The molecule has 2 aromatic carbocycles. The Balaban J connectivity index is 1.85. The van der Waals surface area contributed by atoms with Crippen molar-refractivity contribution >= 4 is 27.2 Å². The molecule has 0 aliphatic heterocycles. The summed E-state index contributed by atoms with van der Waals surface area (Å²) in [5.41, 5.74) is 2.46. The third-order valence-electron chi connectivity index (χ3n) is 3.05. The molecule has 0 saturated heterocycles. The predicted molar refractivity (Wildman–Crippen MR) is 76.8 cm³/mol. The Morgan fingerprint density at radius 3 is 2.50 bits per heavy atom. The molecule has 0 saturated carbocycles. The van der Waals surface area contributed by atoms with Crippen molar-refractivity contribution < 1.29 is 4.57 Å². The van der Waals surface area contributed by atoms with Gasteiger partial charge in [0.05, 0.1) is 0 Å². The predicted octanol–water partition coefficient (Wildman–Crippen LogP) is 3.34. The third kappa shape index (κ3) is 2.09. The number of thiazole rings is 1. The molecular weight excluding hydrogens is 240 g/mol. The van der Waals surface area contributed by atoms with Crippen LogP contribution < -0.4 is 9.88 Å². The van der Waals surface area contributed by atoms with Gasteiger partial charge in [0.1, 0.15) is 18.3 Å². The summed E-state index contributed by atoms with van der Waals surface area (Å²) in [5, 5.41) is 4.79. The Kier molecular flexibility index (Phi) is 2.99. The van der Waals surface area contributed by atoms with Crippen LogP contribution in [0.4, 0.5) is 5.69 Å². The minimum Gasteiger partial charge on any atom is -0.375 e. The SMILES string of the molecule is C[n+]1c(CNc2ccccc2)sc2ccccc21. The molecule has 0 fully saturated rings. The molecule has 3 heteroatoms. The summed E-state index contributed by atoms with van der Waals surface area (Å²) < 4.78 is 3.60. The van der Waals surface area contributed by atoms with E-state index in [0.717, 1.165) is 12.2 Å². The molecule has 3 rings (SSSR count). The number of nitrogens with zero attached hydrogens (tertiary/aromatic N) is 1. The van der Waals surface area contributed by atoms with E-state index in [0.29, 0.717) is 0 Å². The number of fused-ring (bicyclic) bond motifs is 1. The van der Waals surface area contributed by atoms with E-state index >= 15 is 0 Å². The van der Waals surface area contributed by atoms with E-state index < -0.39 is 0 Å². The molecule has 0 bridgehead atoms. The van der Waals surface area contributed by atoms with Gasteiger partial charge in [0.15, 0.2) is 0 Å². The van der Waals surface area contributed by atoms with Crippen LogP contribution in [0, 0.1) is 0 Å². The van der Waals surface area contributed by atoms with Crippen LogP contribution in [-0.4, -0.2) is 0 Å². The number of nitrogens with one attached hydrogen (secondary N) is 1. The fourth-order valence-corrected chi connectivity index (χ4v) is 3.13. The summed E-state index contributed by atoms with van der Waals surface area (Å²) in [6.07, 6.45) is 0. The Bertz CT molecular complexity index is 659. The zero-order valence-electron chi connectivity index (χ0n) is 10.3. The maximum atomic E-state index is 3.45. The van der Waals surface area contributed by atoms with Gasteiger partial charge in [0.2, 0.25) is 5.52 Å². The Morgan fingerprint density at radius 1 is 1.00 bits per heavy atom. The van der Waals surface area contributed by atoms with E-state index in [1.165, 1.54) is 15.2 Å². The largest absolute Gasteiger partial charge is 0.375 e. The second-order valence-corrected chi connectivity index (χ2v) is 5.36. The lowest BCUT2D eigenvalue weighted by Crippen LogP contribution is -2.31. The highest BCUT2D eigenvalue weighted by molar-refractivity contribution is 7.18. The van der Waals surface area contributed by atoms with E-state index in [4.69, 9.17) is 0 Å². The molecule has 0 amide bonds. The summed E-state index contributed by atoms with van der Waals surface area (Å²) in [6.45, 7) is 0.861. The standard InChI is InChI=1S/C15H15N2S/c1-17-13-9-5-6-10-14(13)18-15(17)11-16-12-7-3-2-4-8-12/h2-10,16H,11H2,1H3/q+1. The van der Waals surface area contributed by atoms with Crippen LogP contribution in [-0.2, 0) is 13.6 Å². The van der Waals surface area contributed by atoms with Gasteiger partial charge in [-0.1, -0.05) is 41.7 Å². The zero-order valence-corrected chi connectivity index (χ0v) is 11.1. The third-order valence-corrected chi connectivity index (χ3v) is 4.26. The van der Waals surface area contributed by atoms with Gasteiger partial charge in [-0.25, -0.2) is 0 Å².